The summed E-state index contributed by atoms with van der Waals surface area (Å²) in [6.07, 6.45) is 8.17. The standard InChI is InChI=1S/C36H48N4O5S.CH4/c1-40(46-45-28-30-15-17-31(18-16-30)34(41)38-24-10-3-2-9-23-37)26-12-5-4-11-25-39-35(42)32-19-21-33(22-20-32)36(43)44-27-29-13-7-6-8-14-29;/h6-8,13-22H,2-5,9-12,23-28,37H2,1H3,(H,38,41)(H,39,42);1H4. The molecule has 10 heteroatoms. The van der Waals surface area contributed by atoms with E-state index < -0.39 is 5.97 Å². The van der Waals surface area contributed by atoms with Crippen molar-refractivity contribution in [1.82, 2.24) is 14.9 Å². The number of nitrogens with one attached hydrogen (secondary N) is 2. The van der Waals surface area contributed by atoms with Crippen molar-refractivity contribution in [1.29, 1.82) is 0 Å². The molecule has 0 bridgehead atoms. The van der Waals surface area contributed by atoms with Crippen LogP contribution in [0.15, 0.2) is 78.9 Å². The highest BCUT2D eigenvalue weighted by Crippen LogP contribution is 2.15. The lowest BCUT2D eigenvalue weighted by Crippen LogP contribution is -2.24. The molecule has 0 aliphatic rings. The van der Waals surface area contributed by atoms with Crippen molar-refractivity contribution >= 4 is 30.0 Å². The molecule has 0 aliphatic heterocycles. The predicted molar refractivity (Wildman–Crippen MR) is 191 cm³/mol. The van der Waals surface area contributed by atoms with Crippen LogP contribution in [0.5, 0.6) is 0 Å². The number of rotatable bonds is 22. The zero-order valence-corrected chi connectivity index (χ0v) is 27.7. The van der Waals surface area contributed by atoms with Gasteiger partial charge in [-0.15, -0.1) is 0 Å². The average Bonchev–Trinajstić information content (AvgIpc) is 3.09. The molecule has 0 atom stereocenters. The molecule has 0 fully saturated rings. The van der Waals surface area contributed by atoms with Gasteiger partial charge in [0, 0.05) is 30.8 Å². The fourth-order valence-corrected chi connectivity index (χ4v) is 5.15. The van der Waals surface area contributed by atoms with Gasteiger partial charge in [0.1, 0.15) is 6.61 Å². The molecule has 2 amide bonds. The Kier molecular flexibility index (Phi) is 19.8. The Morgan fingerprint density at radius 1 is 0.660 bits per heavy atom. The van der Waals surface area contributed by atoms with Gasteiger partial charge in [0.2, 0.25) is 0 Å². The minimum Gasteiger partial charge on any atom is -0.457 e. The third-order valence-electron chi connectivity index (χ3n) is 7.32. The lowest BCUT2D eigenvalue weighted by atomic mass is 10.1. The normalized spacial score (nSPS) is 10.7. The van der Waals surface area contributed by atoms with Gasteiger partial charge in [-0.05, 0) is 86.8 Å². The first-order valence-corrected chi connectivity index (χ1v) is 16.8. The summed E-state index contributed by atoms with van der Waals surface area (Å²) < 4.78 is 13.2. The van der Waals surface area contributed by atoms with Gasteiger partial charge in [0.15, 0.2) is 0 Å². The SMILES string of the molecule is C.CN(CCCCCCNC(=O)c1ccc(C(=O)OCc2ccccc2)cc1)SOCc1ccc(C(=O)NCCCCCCN)cc1. The van der Waals surface area contributed by atoms with Crippen LogP contribution in [0.2, 0.25) is 0 Å². The van der Waals surface area contributed by atoms with Crippen LogP contribution in [0.25, 0.3) is 0 Å². The van der Waals surface area contributed by atoms with E-state index in [1.165, 1.54) is 12.2 Å². The highest BCUT2D eigenvalue weighted by molar-refractivity contribution is 7.92. The largest absolute Gasteiger partial charge is 0.457 e. The van der Waals surface area contributed by atoms with Crippen LogP contribution in [0.3, 0.4) is 0 Å². The number of ether oxygens (including phenoxy) is 1. The summed E-state index contributed by atoms with van der Waals surface area (Å²) >= 11 is 1.34. The summed E-state index contributed by atoms with van der Waals surface area (Å²) in [5.74, 6) is -0.618. The Balaban J connectivity index is 0.00000768. The van der Waals surface area contributed by atoms with Crippen LogP contribution in [0, 0.1) is 0 Å². The van der Waals surface area contributed by atoms with Crippen molar-refractivity contribution in [2.45, 2.75) is 72.0 Å². The second-order valence-electron chi connectivity index (χ2n) is 11.2. The summed E-state index contributed by atoms with van der Waals surface area (Å²) in [5, 5.41) is 5.92. The van der Waals surface area contributed by atoms with E-state index in [0.717, 1.165) is 75.6 Å². The molecular formula is C37H52N4O5S. The van der Waals surface area contributed by atoms with E-state index in [9.17, 15) is 14.4 Å². The lowest BCUT2D eigenvalue weighted by Gasteiger charge is -2.14. The van der Waals surface area contributed by atoms with E-state index in [1.807, 2.05) is 61.6 Å². The molecule has 3 rings (SSSR count). The first-order chi connectivity index (χ1) is 22.5. The summed E-state index contributed by atoms with van der Waals surface area (Å²) in [6.45, 7) is 3.56. The van der Waals surface area contributed by atoms with Crippen molar-refractivity contribution in [2.75, 3.05) is 33.2 Å². The van der Waals surface area contributed by atoms with E-state index in [0.29, 0.717) is 36.4 Å². The Hall–Kier alpha value is -3.70. The van der Waals surface area contributed by atoms with Crippen LogP contribution in [0.1, 0.15) is 101 Å². The van der Waals surface area contributed by atoms with Crippen LogP contribution in [0.4, 0.5) is 0 Å². The van der Waals surface area contributed by atoms with Crippen molar-refractivity contribution in [3.8, 4) is 0 Å². The van der Waals surface area contributed by atoms with E-state index in [2.05, 4.69) is 14.9 Å². The minimum absolute atomic E-state index is 0. The van der Waals surface area contributed by atoms with Crippen molar-refractivity contribution in [3.05, 3.63) is 107 Å². The zero-order chi connectivity index (χ0) is 32.8. The van der Waals surface area contributed by atoms with Gasteiger partial charge in [-0.2, -0.15) is 0 Å². The number of esters is 1. The van der Waals surface area contributed by atoms with Crippen molar-refractivity contribution in [2.24, 2.45) is 5.73 Å². The van der Waals surface area contributed by atoms with Crippen LogP contribution in [-0.4, -0.2) is 55.3 Å². The monoisotopic (exact) mass is 664 g/mol. The Bertz CT molecular complexity index is 1310. The topological polar surface area (TPSA) is 123 Å². The van der Waals surface area contributed by atoms with Crippen LogP contribution in [-0.2, 0) is 22.1 Å². The van der Waals surface area contributed by atoms with Crippen molar-refractivity contribution in [3.63, 3.8) is 0 Å². The predicted octanol–water partition coefficient (Wildman–Crippen LogP) is 6.93. The van der Waals surface area contributed by atoms with Gasteiger partial charge in [0.05, 0.1) is 24.4 Å². The van der Waals surface area contributed by atoms with Crippen LogP contribution >= 0.6 is 12.2 Å². The number of carbonyl (C=O) groups is 3. The summed E-state index contributed by atoms with van der Waals surface area (Å²) in [4.78, 5) is 37.0. The van der Waals surface area contributed by atoms with E-state index >= 15 is 0 Å². The molecule has 0 saturated heterocycles. The number of hydrogen-bond donors (Lipinski definition) is 3. The first kappa shape index (κ1) is 39.5. The highest BCUT2D eigenvalue weighted by Gasteiger charge is 2.11. The lowest BCUT2D eigenvalue weighted by molar-refractivity contribution is 0.0472. The summed E-state index contributed by atoms with van der Waals surface area (Å²) in [7, 11) is 2.00. The number of amides is 2. The number of unbranched alkanes of at least 4 members (excludes halogenated alkanes) is 6. The highest BCUT2D eigenvalue weighted by atomic mass is 32.2. The molecule has 0 radical (unpaired) electrons. The van der Waals surface area contributed by atoms with Gasteiger partial charge in [-0.1, -0.05) is 75.6 Å². The van der Waals surface area contributed by atoms with E-state index in [4.69, 9.17) is 14.7 Å². The average molecular weight is 665 g/mol. The molecular weight excluding hydrogens is 612 g/mol. The number of nitrogens with zero attached hydrogens (tertiary/aromatic N) is 1. The first-order valence-electron chi connectivity index (χ1n) is 16.1. The smallest absolute Gasteiger partial charge is 0.338 e. The molecule has 0 unspecified atom stereocenters. The molecule has 0 heterocycles. The number of benzene rings is 3. The van der Waals surface area contributed by atoms with Crippen LogP contribution < -0.4 is 16.4 Å². The summed E-state index contributed by atoms with van der Waals surface area (Å²) in [5.41, 5.74) is 9.02. The second kappa shape index (κ2) is 23.6. The molecule has 0 aromatic heterocycles. The van der Waals surface area contributed by atoms with Gasteiger partial charge >= 0.3 is 5.97 Å². The maximum atomic E-state index is 12.5. The molecule has 3 aromatic carbocycles. The molecule has 0 spiro atoms. The quantitative estimate of drug-likeness (QED) is 0.0458. The summed E-state index contributed by atoms with van der Waals surface area (Å²) in [6, 6.07) is 23.6. The minimum atomic E-state index is -0.417. The van der Waals surface area contributed by atoms with Gasteiger partial charge in [-0.25, -0.2) is 9.10 Å². The fourth-order valence-electron chi connectivity index (χ4n) is 4.58. The number of hydrogen-bond acceptors (Lipinski definition) is 8. The zero-order valence-electron chi connectivity index (χ0n) is 26.9. The van der Waals surface area contributed by atoms with Gasteiger partial charge in [0.25, 0.3) is 11.8 Å². The third-order valence-corrected chi connectivity index (χ3v) is 7.98. The molecule has 3 aromatic rings. The second-order valence-corrected chi connectivity index (χ2v) is 12.2. The van der Waals surface area contributed by atoms with E-state index in [-0.39, 0.29) is 25.8 Å². The molecule has 9 nitrogen and oxygen atoms in total. The molecule has 256 valence electrons. The van der Waals surface area contributed by atoms with Gasteiger partial charge < -0.3 is 21.1 Å². The number of carbonyl (C=O) groups excluding carboxylic acids is 3. The Morgan fingerprint density at radius 2 is 1.17 bits per heavy atom. The Morgan fingerprint density at radius 3 is 1.77 bits per heavy atom. The molecule has 0 aliphatic carbocycles. The molecule has 4 N–H and O–H groups in total. The van der Waals surface area contributed by atoms with E-state index in [1.54, 1.807) is 24.3 Å². The number of nitrogens with two attached hydrogens (primary N) is 1. The maximum absolute atomic E-state index is 12.5. The molecule has 47 heavy (non-hydrogen) atoms. The van der Waals surface area contributed by atoms with Gasteiger partial charge in [-0.3, -0.25) is 13.8 Å². The molecule has 0 saturated carbocycles. The maximum Gasteiger partial charge on any atom is 0.338 e. The Labute approximate surface area is 285 Å². The van der Waals surface area contributed by atoms with Crippen molar-refractivity contribution < 1.29 is 23.3 Å². The fraction of sp³-hybridized carbons (Fsp3) is 0.432. The third kappa shape index (κ3) is 16.1.